The normalized spacial score (nSPS) is 17.6. The number of nitrogens with one attached hydrogen (secondary N) is 2. The summed E-state index contributed by atoms with van der Waals surface area (Å²) in [5, 5.41) is 23.8. The van der Waals surface area contributed by atoms with Crippen LogP contribution in [0.2, 0.25) is 0 Å². The largest absolute Gasteiger partial charge is 0.510 e. The number of rotatable bonds is 10. The van der Waals surface area contributed by atoms with Crippen LogP contribution in [0.1, 0.15) is 25.7 Å². The lowest BCUT2D eigenvalue weighted by Gasteiger charge is -2.01. The first-order valence-corrected chi connectivity index (χ1v) is 10.6. The first kappa shape index (κ1) is 25.8. The zero-order chi connectivity index (χ0) is 24.8. The maximum Gasteiger partial charge on any atom is 0.248 e. The Balaban J connectivity index is 1.63. The van der Waals surface area contributed by atoms with Gasteiger partial charge >= 0.3 is 0 Å². The number of allylic oxidation sites excluding steroid dienone is 16. The number of hydrogen-bond acceptors (Lipinski definition) is 6. The lowest BCUT2D eigenvalue weighted by Crippen LogP contribution is -2.24. The molecule has 2 aliphatic carbocycles. The molecule has 0 saturated carbocycles. The molecular weight excluding hydrogens is 436 g/mol. The predicted molar refractivity (Wildman–Crippen MR) is 128 cm³/mol. The summed E-state index contributed by atoms with van der Waals surface area (Å²) in [7, 11) is 0. The second kappa shape index (κ2) is 13.8. The molecule has 0 heterocycles. The molecule has 0 aromatic rings. The minimum atomic E-state index is -0.486. The van der Waals surface area contributed by atoms with Crippen molar-refractivity contribution in [2.45, 2.75) is 25.7 Å². The van der Waals surface area contributed by atoms with Gasteiger partial charge in [-0.1, -0.05) is 72.9 Å². The molecule has 34 heavy (non-hydrogen) atoms. The fourth-order valence-corrected chi connectivity index (χ4v) is 2.83. The Morgan fingerprint density at radius 1 is 0.529 bits per heavy atom. The third-order valence-corrected chi connectivity index (χ3v) is 4.53. The Morgan fingerprint density at radius 3 is 1.09 bits per heavy atom. The summed E-state index contributed by atoms with van der Waals surface area (Å²) in [4.78, 5) is 46.3. The van der Waals surface area contributed by atoms with E-state index in [9.17, 15) is 29.4 Å². The van der Waals surface area contributed by atoms with Gasteiger partial charge in [-0.2, -0.15) is 0 Å². The summed E-state index contributed by atoms with van der Waals surface area (Å²) >= 11 is 0. The second-order valence-electron chi connectivity index (χ2n) is 7.11. The maximum absolute atomic E-state index is 11.7. The smallest absolute Gasteiger partial charge is 0.248 e. The average Bonchev–Trinajstić information content (AvgIpc) is 3.29. The van der Waals surface area contributed by atoms with Crippen LogP contribution < -0.4 is 10.6 Å². The third-order valence-electron chi connectivity index (χ3n) is 4.53. The molecule has 0 unspecified atom stereocenters. The Kier molecular flexibility index (Phi) is 10.5. The quantitative estimate of drug-likeness (QED) is 0.291. The Labute approximate surface area is 197 Å². The van der Waals surface area contributed by atoms with Crippen LogP contribution in [0.15, 0.2) is 108 Å². The molecule has 8 heteroatoms. The lowest BCUT2D eigenvalue weighted by molar-refractivity contribution is -0.119. The van der Waals surface area contributed by atoms with Crippen molar-refractivity contribution >= 4 is 23.4 Å². The van der Waals surface area contributed by atoms with Crippen LogP contribution in [-0.4, -0.2) is 33.6 Å². The van der Waals surface area contributed by atoms with Gasteiger partial charge in [-0.05, 0) is 0 Å². The molecule has 8 nitrogen and oxygen atoms in total. The molecule has 4 N–H and O–H groups in total. The first-order chi connectivity index (χ1) is 16.4. The van der Waals surface area contributed by atoms with Crippen LogP contribution in [0.25, 0.3) is 0 Å². The Morgan fingerprint density at radius 2 is 0.824 bits per heavy atom. The van der Waals surface area contributed by atoms with Gasteiger partial charge in [-0.15, -0.1) is 0 Å². The molecule has 0 saturated heterocycles. The molecule has 0 fully saturated rings. The Hall–Kier alpha value is -4.46. The summed E-state index contributed by atoms with van der Waals surface area (Å²) in [6.45, 7) is 0. The molecule has 0 spiro atoms. The van der Waals surface area contributed by atoms with E-state index < -0.39 is 11.8 Å². The summed E-state index contributed by atoms with van der Waals surface area (Å²) in [5.41, 5.74) is -0.0479. The van der Waals surface area contributed by atoms with Gasteiger partial charge in [0.05, 0.1) is 0 Å². The molecule has 0 atom stereocenters. The molecule has 0 aromatic carbocycles. The van der Waals surface area contributed by atoms with Crippen molar-refractivity contribution in [3.63, 3.8) is 0 Å². The van der Waals surface area contributed by atoms with Crippen LogP contribution in [0.3, 0.4) is 0 Å². The zero-order valence-corrected chi connectivity index (χ0v) is 18.4. The van der Waals surface area contributed by atoms with E-state index in [1.54, 1.807) is 60.8 Å². The summed E-state index contributed by atoms with van der Waals surface area (Å²) in [6, 6.07) is 0. The summed E-state index contributed by atoms with van der Waals surface area (Å²) < 4.78 is 0. The SMILES string of the molecule is O=C(/C=C/C=C/C=C\C=C\C=C\C=C\C=C\C(=O)NC1=C(O)CCC1=O)NC1=C(O)CCC1=O. The van der Waals surface area contributed by atoms with E-state index in [1.165, 1.54) is 24.3 Å². The Bertz CT molecular complexity index is 1010. The number of hydrogen-bond donors (Lipinski definition) is 4. The zero-order valence-electron chi connectivity index (χ0n) is 18.4. The van der Waals surface area contributed by atoms with Crippen LogP contribution in [-0.2, 0) is 19.2 Å². The highest BCUT2D eigenvalue weighted by molar-refractivity contribution is 6.04. The average molecular weight is 463 g/mol. The molecule has 0 radical (unpaired) electrons. The number of carbonyl (C=O) groups is 4. The fourth-order valence-electron chi connectivity index (χ4n) is 2.83. The highest BCUT2D eigenvalue weighted by Gasteiger charge is 2.24. The highest BCUT2D eigenvalue weighted by atomic mass is 16.3. The number of aliphatic hydroxyl groups excluding tert-OH is 2. The van der Waals surface area contributed by atoms with E-state index in [4.69, 9.17) is 0 Å². The molecule has 176 valence electrons. The van der Waals surface area contributed by atoms with Crippen molar-refractivity contribution in [3.05, 3.63) is 108 Å². The molecule has 0 bridgehead atoms. The van der Waals surface area contributed by atoms with E-state index in [0.717, 1.165) is 0 Å². The monoisotopic (exact) mass is 462 g/mol. The van der Waals surface area contributed by atoms with Crippen LogP contribution >= 0.6 is 0 Å². The first-order valence-electron chi connectivity index (χ1n) is 10.6. The second-order valence-corrected chi connectivity index (χ2v) is 7.11. The van der Waals surface area contributed by atoms with E-state index in [1.807, 2.05) is 0 Å². The number of ketones is 2. The van der Waals surface area contributed by atoms with Crippen LogP contribution in [0.5, 0.6) is 0 Å². The van der Waals surface area contributed by atoms with Gasteiger partial charge in [-0.25, -0.2) is 0 Å². The number of aliphatic hydroxyl groups is 2. The minimum absolute atomic E-state index is 0.0240. The summed E-state index contributed by atoms with van der Waals surface area (Å²) in [5.74, 6) is -1.69. The van der Waals surface area contributed by atoms with Gasteiger partial charge in [0, 0.05) is 37.8 Å². The van der Waals surface area contributed by atoms with Crippen molar-refractivity contribution < 1.29 is 29.4 Å². The van der Waals surface area contributed by atoms with Gasteiger partial charge in [0.25, 0.3) is 0 Å². The minimum Gasteiger partial charge on any atom is -0.510 e. The number of amides is 2. The fraction of sp³-hybridized carbons (Fsp3) is 0.154. The van der Waals surface area contributed by atoms with Crippen molar-refractivity contribution in [1.82, 2.24) is 10.6 Å². The molecule has 0 aliphatic heterocycles. The van der Waals surface area contributed by atoms with Crippen LogP contribution in [0, 0.1) is 0 Å². The predicted octanol–water partition coefficient (Wildman–Crippen LogP) is 3.38. The summed E-state index contributed by atoms with van der Waals surface area (Å²) in [6.07, 6.45) is 23.9. The standard InChI is InChI=1S/C26H26N2O6/c29-19-15-16-20(30)25(19)27-23(33)13-11-9-7-5-3-1-2-4-6-8-10-12-14-24(34)28-26-21(31)17-18-22(26)32/h1-14,29,31H,15-18H2,(H,27,33)(H,28,34)/b2-1+,5-3-,6-4+,9-7+,10-8+,13-11+,14-12+. The van der Waals surface area contributed by atoms with E-state index in [0.29, 0.717) is 0 Å². The molecule has 2 aliphatic rings. The number of carbonyl (C=O) groups excluding carboxylic acids is 4. The van der Waals surface area contributed by atoms with Crippen molar-refractivity contribution in [3.8, 4) is 0 Å². The molecular formula is C26H26N2O6. The van der Waals surface area contributed by atoms with Crippen molar-refractivity contribution in [1.29, 1.82) is 0 Å². The van der Waals surface area contributed by atoms with Gasteiger partial charge in [-0.3, -0.25) is 19.2 Å². The van der Waals surface area contributed by atoms with Gasteiger partial charge in [0.1, 0.15) is 22.9 Å². The van der Waals surface area contributed by atoms with E-state index in [2.05, 4.69) is 10.6 Å². The van der Waals surface area contributed by atoms with Crippen LogP contribution in [0.4, 0.5) is 0 Å². The third kappa shape index (κ3) is 8.96. The van der Waals surface area contributed by atoms with Gasteiger partial charge in [0.2, 0.25) is 11.8 Å². The highest BCUT2D eigenvalue weighted by Crippen LogP contribution is 2.18. The molecule has 2 rings (SSSR count). The van der Waals surface area contributed by atoms with Crippen molar-refractivity contribution in [2.24, 2.45) is 0 Å². The van der Waals surface area contributed by atoms with E-state index >= 15 is 0 Å². The number of Topliss-reactive ketones (excluding diaryl/α,β-unsaturated/α-hetero) is 2. The lowest BCUT2D eigenvalue weighted by atomic mass is 10.3. The van der Waals surface area contributed by atoms with Gasteiger partial charge in [0.15, 0.2) is 11.6 Å². The molecule has 0 aromatic heterocycles. The maximum atomic E-state index is 11.7. The van der Waals surface area contributed by atoms with Gasteiger partial charge < -0.3 is 20.8 Å². The van der Waals surface area contributed by atoms with Crippen molar-refractivity contribution in [2.75, 3.05) is 0 Å². The topological polar surface area (TPSA) is 133 Å². The van der Waals surface area contributed by atoms with E-state index in [-0.39, 0.29) is 60.2 Å². The molecule has 2 amide bonds.